The van der Waals surface area contributed by atoms with Crippen LogP contribution in [0.2, 0.25) is 0 Å². The van der Waals surface area contributed by atoms with Crippen molar-refractivity contribution in [1.82, 2.24) is 9.97 Å². The lowest BCUT2D eigenvalue weighted by molar-refractivity contribution is 0.0112. The molecule has 0 fully saturated rings. The minimum absolute atomic E-state index is 0.0373. The molecular formula is C11H19N3O. The van der Waals surface area contributed by atoms with Gasteiger partial charge < -0.3 is 10.5 Å². The van der Waals surface area contributed by atoms with E-state index < -0.39 is 5.60 Å². The lowest BCUT2D eigenvalue weighted by Crippen LogP contribution is -2.24. The molecular weight excluding hydrogens is 190 g/mol. The largest absolute Gasteiger partial charge is 0.371 e. The van der Waals surface area contributed by atoms with E-state index in [0.717, 1.165) is 11.3 Å². The molecule has 1 heterocycles. The summed E-state index contributed by atoms with van der Waals surface area (Å²) in [4.78, 5) is 8.71. The maximum absolute atomic E-state index is 5.79. The Bertz CT molecular complexity index is 348. The Kier molecular flexibility index (Phi) is 3.42. The number of hydrogen-bond donors (Lipinski definition) is 1. The van der Waals surface area contributed by atoms with E-state index in [4.69, 9.17) is 10.5 Å². The van der Waals surface area contributed by atoms with Crippen LogP contribution in [0.25, 0.3) is 0 Å². The maximum Gasteiger partial charge on any atom is 0.159 e. The van der Waals surface area contributed by atoms with Crippen molar-refractivity contribution in [3.63, 3.8) is 0 Å². The SMILES string of the molecule is COC(C)(C)c1ncc([C@H](C)N)c(C)n1. The van der Waals surface area contributed by atoms with Gasteiger partial charge >= 0.3 is 0 Å². The minimum atomic E-state index is -0.457. The van der Waals surface area contributed by atoms with Crippen LogP contribution in [-0.4, -0.2) is 17.1 Å². The second kappa shape index (κ2) is 4.24. The highest BCUT2D eigenvalue weighted by atomic mass is 16.5. The summed E-state index contributed by atoms with van der Waals surface area (Å²) >= 11 is 0. The van der Waals surface area contributed by atoms with E-state index in [9.17, 15) is 0 Å². The summed E-state index contributed by atoms with van der Waals surface area (Å²) in [5.74, 6) is 0.687. The first-order valence-corrected chi connectivity index (χ1v) is 5.03. The monoisotopic (exact) mass is 209 g/mol. The number of aromatic nitrogens is 2. The Hall–Kier alpha value is -1.00. The Labute approximate surface area is 90.9 Å². The molecule has 1 aromatic rings. The van der Waals surface area contributed by atoms with Crippen molar-refractivity contribution in [2.75, 3.05) is 7.11 Å². The first-order chi connectivity index (χ1) is 6.88. The van der Waals surface area contributed by atoms with Gasteiger partial charge in [0, 0.05) is 30.6 Å². The van der Waals surface area contributed by atoms with E-state index in [0.29, 0.717) is 5.82 Å². The molecule has 0 saturated heterocycles. The maximum atomic E-state index is 5.79. The molecule has 1 aromatic heterocycles. The van der Waals surface area contributed by atoms with Gasteiger partial charge in [0.15, 0.2) is 5.82 Å². The molecule has 2 N–H and O–H groups in total. The molecule has 0 bridgehead atoms. The van der Waals surface area contributed by atoms with Crippen LogP contribution in [-0.2, 0) is 10.3 Å². The van der Waals surface area contributed by atoms with Crippen molar-refractivity contribution in [2.45, 2.75) is 39.3 Å². The van der Waals surface area contributed by atoms with Crippen molar-refractivity contribution in [1.29, 1.82) is 0 Å². The number of rotatable bonds is 3. The van der Waals surface area contributed by atoms with Gasteiger partial charge in [0.05, 0.1) is 0 Å². The number of ether oxygens (including phenoxy) is 1. The molecule has 0 amide bonds. The molecule has 0 aliphatic heterocycles. The zero-order chi connectivity index (χ0) is 11.6. The molecule has 0 spiro atoms. The smallest absolute Gasteiger partial charge is 0.159 e. The van der Waals surface area contributed by atoms with Crippen LogP contribution in [0.5, 0.6) is 0 Å². The number of nitrogens with zero attached hydrogens (tertiary/aromatic N) is 2. The van der Waals surface area contributed by atoms with E-state index in [2.05, 4.69) is 9.97 Å². The molecule has 0 radical (unpaired) electrons. The predicted octanol–water partition coefficient (Wildman–Crippen LogP) is 1.69. The normalized spacial score (nSPS) is 14.0. The third-order valence-electron chi connectivity index (χ3n) is 2.56. The predicted molar refractivity (Wildman–Crippen MR) is 59.4 cm³/mol. The number of hydrogen-bond acceptors (Lipinski definition) is 4. The number of nitrogens with two attached hydrogens (primary N) is 1. The van der Waals surface area contributed by atoms with Crippen LogP contribution in [0.3, 0.4) is 0 Å². The van der Waals surface area contributed by atoms with Crippen molar-refractivity contribution in [2.24, 2.45) is 5.73 Å². The minimum Gasteiger partial charge on any atom is -0.371 e. The second-order valence-electron chi connectivity index (χ2n) is 4.24. The third-order valence-corrected chi connectivity index (χ3v) is 2.56. The lowest BCUT2D eigenvalue weighted by Gasteiger charge is -2.22. The average molecular weight is 209 g/mol. The summed E-state index contributed by atoms with van der Waals surface area (Å²) in [6, 6.07) is -0.0373. The highest BCUT2D eigenvalue weighted by molar-refractivity contribution is 5.20. The van der Waals surface area contributed by atoms with Gasteiger partial charge in [-0.2, -0.15) is 0 Å². The molecule has 84 valence electrons. The van der Waals surface area contributed by atoms with Crippen molar-refractivity contribution in [3.05, 3.63) is 23.3 Å². The Morgan fingerprint density at radius 3 is 2.47 bits per heavy atom. The van der Waals surface area contributed by atoms with E-state index >= 15 is 0 Å². The highest BCUT2D eigenvalue weighted by Gasteiger charge is 2.23. The van der Waals surface area contributed by atoms with Gasteiger partial charge in [-0.05, 0) is 27.7 Å². The molecule has 0 aliphatic rings. The quantitative estimate of drug-likeness (QED) is 0.822. The standard InChI is InChI=1S/C11H19N3O/c1-7(12)9-6-13-10(14-8(9)2)11(3,4)15-5/h6-7H,12H2,1-5H3/t7-/m0/s1. The fourth-order valence-corrected chi connectivity index (χ4v) is 1.30. The number of aryl methyl sites for hydroxylation is 1. The van der Waals surface area contributed by atoms with Crippen LogP contribution >= 0.6 is 0 Å². The van der Waals surface area contributed by atoms with E-state index in [1.165, 1.54) is 0 Å². The summed E-state index contributed by atoms with van der Waals surface area (Å²) < 4.78 is 5.32. The number of methoxy groups -OCH3 is 1. The lowest BCUT2D eigenvalue weighted by atomic mass is 10.1. The molecule has 0 aliphatic carbocycles. The van der Waals surface area contributed by atoms with E-state index in [-0.39, 0.29) is 6.04 Å². The van der Waals surface area contributed by atoms with Crippen LogP contribution in [0.1, 0.15) is 43.9 Å². The summed E-state index contributed by atoms with van der Waals surface area (Å²) in [5, 5.41) is 0. The van der Waals surface area contributed by atoms with Crippen LogP contribution in [0.4, 0.5) is 0 Å². The summed E-state index contributed by atoms with van der Waals surface area (Å²) in [7, 11) is 1.65. The van der Waals surface area contributed by atoms with Crippen molar-refractivity contribution in [3.8, 4) is 0 Å². The molecule has 1 atom stereocenters. The Morgan fingerprint density at radius 1 is 1.47 bits per heavy atom. The summed E-state index contributed by atoms with van der Waals surface area (Å²) in [6.07, 6.45) is 1.78. The van der Waals surface area contributed by atoms with Crippen molar-refractivity contribution < 1.29 is 4.74 Å². The fraction of sp³-hybridized carbons (Fsp3) is 0.636. The Morgan fingerprint density at radius 2 is 2.07 bits per heavy atom. The van der Waals surface area contributed by atoms with Crippen molar-refractivity contribution >= 4 is 0 Å². The molecule has 1 rings (SSSR count). The van der Waals surface area contributed by atoms with Crippen LogP contribution in [0.15, 0.2) is 6.20 Å². The summed E-state index contributed by atoms with van der Waals surface area (Å²) in [5.41, 5.74) is 7.23. The molecule has 4 heteroatoms. The van der Waals surface area contributed by atoms with Gasteiger partial charge in [0.1, 0.15) is 5.60 Å². The van der Waals surface area contributed by atoms with Gasteiger partial charge in [0.25, 0.3) is 0 Å². The Balaban J connectivity index is 3.12. The zero-order valence-electron chi connectivity index (χ0n) is 10.0. The first-order valence-electron chi connectivity index (χ1n) is 5.03. The third kappa shape index (κ3) is 2.52. The molecule has 0 unspecified atom stereocenters. The summed E-state index contributed by atoms with van der Waals surface area (Å²) in [6.45, 7) is 7.74. The molecule has 15 heavy (non-hydrogen) atoms. The first kappa shape index (κ1) is 12.1. The van der Waals surface area contributed by atoms with Gasteiger partial charge in [-0.3, -0.25) is 0 Å². The van der Waals surface area contributed by atoms with Gasteiger partial charge in [0.2, 0.25) is 0 Å². The van der Waals surface area contributed by atoms with Gasteiger partial charge in [-0.1, -0.05) is 0 Å². The van der Waals surface area contributed by atoms with E-state index in [1.54, 1.807) is 13.3 Å². The highest BCUT2D eigenvalue weighted by Crippen LogP contribution is 2.21. The molecule has 0 aromatic carbocycles. The zero-order valence-corrected chi connectivity index (χ0v) is 10.0. The van der Waals surface area contributed by atoms with Gasteiger partial charge in [-0.15, -0.1) is 0 Å². The topological polar surface area (TPSA) is 61.0 Å². The van der Waals surface area contributed by atoms with E-state index in [1.807, 2.05) is 27.7 Å². The fourth-order valence-electron chi connectivity index (χ4n) is 1.30. The molecule has 4 nitrogen and oxygen atoms in total. The van der Waals surface area contributed by atoms with Gasteiger partial charge in [-0.25, -0.2) is 9.97 Å². The second-order valence-corrected chi connectivity index (χ2v) is 4.24. The van der Waals surface area contributed by atoms with Crippen LogP contribution in [0, 0.1) is 6.92 Å². The average Bonchev–Trinajstić information content (AvgIpc) is 2.17. The molecule has 0 saturated carbocycles. The van der Waals surface area contributed by atoms with Crippen LogP contribution < -0.4 is 5.73 Å².